The SMILES string of the molecule is C[CH](C)[Al][CH2]c1ccccc1. The second kappa shape index (κ2) is 4.59. The van der Waals surface area contributed by atoms with Crippen molar-refractivity contribution >= 4 is 15.2 Å². The highest BCUT2D eigenvalue weighted by atomic mass is 27.1. The van der Waals surface area contributed by atoms with E-state index in [0.717, 1.165) is 4.78 Å². The zero-order valence-corrected chi connectivity index (χ0v) is 8.40. The Morgan fingerprint density at radius 1 is 1.18 bits per heavy atom. The van der Waals surface area contributed by atoms with E-state index in [1.165, 1.54) is 10.8 Å². The lowest BCUT2D eigenvalue weighted by atomic mass is 10.2. The first-order valence-electron chi connectivity index (χ1n) is 4.16. The zero-order chi connectivity index (χ0) is 8.10. The first-order valence-corrected chi connectivity index (χ1v) is 5.64. The van der Waals surface area contributed by atoms with E-state index in [1.54, 1.807) is 0 Å². The summed E-state index contributed by atoms with van der Waals surface area (Å²) >= 11 is 0.607. The second-order valence-electron chi connectivity index (χ2n) is 3.17. The number of rotatable bonds is 3. The van der Waals surface area contributed by atoms with Crippen molar-refractivity contribution in [2.24, 2.45) is 0 Å². The van der Waals surface area contributed by atoms with Crippen LogP contribution in [0.25, 0.3) is 0 Å². The lowest BCUT2D eigenvalue weighted by molar-refractivity contribution is 1.04. The number of hydrogen-bond donors (Lipinski definition) is 0. The molecule has 1 aromatic rings. The molecule has 0 heterocycles. The summed E-state index contributed by atoms with van der Waals surface area (Å²) in [4.78, 5) is 0. The van der Waals surface area contributed by atoms with Crippen LogP contribution in [0, 0.1) is 0 Å². The third-order valence-corrected chi connectivity index (χ3v) is 3.32. The molecule has 0 unspecified atom stereocenters. The minimum absolute atomic E-state index is 0.607. The van der Waals surface area contributed by atoms with Crippen molar-refractivity contribution < 1.29 is 0 Å². The predicted octanol–water partition coefficient (Wildman–Crippen LogP) is 2.72. The Kier molecular flexibility index (Phi) is 3.69. The Bertz CT molecular complexity index is 191. The molecule has 0 N–H and O–H groups in total. The largest absolute Gasteiger partial charge is 0.211 e. The van der Waals surface area contributed by atoms with Crippen molar-refractivity contribution in [1.82, 2.24) is 0 Å². The molecule has 0 aliphatic carbocycles. The molecule has 1 heteroatoms. The Morgan fingerprint density at radius 3 is 2.36 bits per heavy atom. The van der Waals surface area contributed by atoms with Crippen molar-refractivity contribution in [3.63, 3.8) is 0 Å². The first kappa shape index (κ1) is 8.85. The van der Waals surface area contributed by atoms with Crippen LogP contribution in [0.15, 0.2) is 30.3 Å². The van der Waals surface area contributed by atoms with Crippen LogP contribution in [0.1, 0.15) is 19.4 Å². The van der Waals surface area contributed by atoms with Crippen molar-refractivity contribution in [3.05, 3.63) is 35.9 Å². The maximum absolute atomic E-state index is 2.30. The van der Waals surface area contributed by atoms with Crippen LogP contribution < -0.4 is 0 Å². The van der Waals surface area contributed by atoms with Crippen LogP contribution in [0.2, 0.25) is 4.78 Å². The van der Waals surface area contributed by atoms with E-state index >= 15 is 0 Å². The van der Waals surface area contributed by atoms with Crippen molar-refractivity contribution in [2.75, 3.05) is 0 Å². The fourth-order valence-corrected chi connectivity index (χ4v) is 2.00. The molecule has 0 nitrogen and oxygen atoms in total. The van der Waals surface area contributed by atoms with Gasteiger partial charge in [0.2, 0.25) is 15.2 Å². The lowest BCUT2D eigenvalue weighted by Gasteiger charge is -2.01. The summed E-state index contributed by atoms with van der Waals surface area (Å²) in [5.41, 5.74) is 1.50. The van der Waals surface area contributed by atoms with E-state index in [9.17, 15) is 0 Å². The first-order chi connectivity index (χ1) is 5.29. The molecule has 1 rings (SSSR count). The van der Waals surface area contributed by atoms with Gasteiger partial charge in [0.25, 0.3) is 0 Å². The summed E-state index contributed by atoms with van der Waals surface area (Å²) in [5, 5.41) is 1.30. The summed E-state index contributed by atoms with van der Waals surface area (Å²) in [7, 11) is 0. The summed E-state index contributed by atoms with van der Waals surface area (Å²) in [5.74, 6) is 0. The van der Waals surface area contributed by atoms with Crippen molar-refractivity contribution in [1.29, 1.82) is 0 Å². The molecule has 0 saturated heterocycles. The lowest BCUT2D eigenvalue weighted by Crippen LogP contribution is -1.99. The molecule has 0 aliphatic heterocycles. The fraction of sp³-hybridized carbons (Fsp3) is 0.400. The van der Waals surface area contributed by atoms with E-state index < -0.39 is 0 Å². The van der Waals surface area contributed by atoms with Crippen LogP contribution in [-0.2, 0) is 5.28 Å². The van der Waals surface area contributed by atoms with E-state index in [-0.39, 0.29) is 0 Å². The normalized spacial score (nSPS) is 10.1. The maximum atomic E-state index is 2.30. The van der Waals surface area contributed by atoms with Gasteiger partial charge < -0.3 is 0 Å². The fourth-order valence-electron chi connectivity index (χ4n) is 0.986. The molecule has 0 aromatic heterocycles. The molecule has 0 bridgehead atoms. The molecule has 0 aliphatic rings. The van der Waals surface area contributed by atoms with Gasteiger partial charge in [0, 0.05) is 0 Å². The molecule has 1 radical (unpaired) electrons. The molecule has 1 aromatic carbocycles. The van der Waals surface area contributed by atoms with Gasteiger partial charge >= 0.3 is 0 Å². The Morgan fingerprint density at radius 2 is 1.82 bits per heavy atom. The molecule has 0 saturated carbocycles. The van der Waals surface area contributed by atoms with Gasteiger partial charge in [-0.05, 0) is 0 Å². The van der Waals surface area contributed by atoms with Crippen molar-refractivity contribution in [2.45, 2.75) is 23.9 Å². The molecular weight excluding hydrogens is 147 g/mol. The van der Waals surface area contributed by atoms with Crippen LogP contribution in [0.4, 0.5) is 0 Å². The standard InChI is InChI=1S/C7H7.C3H7.Al/c1-7-5-3-2-4-6-7;1-3-2;/h2-6H,1H2;3H,1-2H3;. The van der Waals surface area contributed by atoms with Gasteiger partial charge in [-0.3, -0.25) is 0 Å². The second-order valence-corrected chi connectivity index (χ2v) is 5.38. The topological polar surface area (TPSA) is 0 Å². The van der Waals surface area contributed by atoms with Gasteiger partial charge in [-0.2, -0.15) is 0 Å². The molecule has 0 spiro atoms. The number of benzene rings is 1. The van der Waals surface area contributed by atoms with Crippen molar-refractivity contribution in [3.8, 4) is 0 Å². The molecule has 57 valence electrons. The van der Waals surface area contributed by atoms with Crippen LogP contribution in [0.3, 0.4) is 0 Å². The number of hydrogen-bond acceptors (Lipinski definition) is 0. The summed E-state index contributed by atoms with van der Waals surface area (Å²) in [6, 6.07) is 10.8. The summed E-state index contributed by atoms with van der Waals surface area (Å²) in [6.07, 6.45) is 0. The summed E-state index contributed by atoms with van der Waals surface area (Å²) < 4.78 is 0.898. The van der Waals surface area contributed by atoms with E-state index in [1.807, 2.05) is 0 Å². The van der Waals surface area contributed by atoms with E-state index in [2.05, 4.69) is 44.2 Å². The Labute approximate surface area is 75.3 Å². The predicted molar refractivity (Wildman–Crippen MR) is 51.0 cm³/mol. The smallest absolute Gasteiger partial charge is 0.0982 e. The highest BCUT2D eigenvalue weighted by Gasteiger charge is 1.97. The van der Waals surface area contributed by atoms with E-state index in [4.69, 9.17) is 0 Å². The quantitative estimate of drug-likeness (QED) is 0.598. The highest BCUT2D eigenvalue weighted by Crippen LogP contribution is 2.04. The molecule has 11 heavy (non-hydrogen) atoms. The zero-order valence-electron chi connectivity index (χ0n) is 7.25. The van der Waals surface area contributed by atoms with Crippen LogP contribution >= 0.6 is 0 Å². The van der Waals surface area contributed by atoms with Gasteiger partial charge in [-0.1, -0.05) is 59.8 Å². The van der Waals surface area contributed by atoms with Gasteiger partial charge in [0.1, 0.15) is 0 Å². The van der Waals surface area contributed by atoms with Gasteiger partial charge in [-0.25, -0.2) is 0 Å². The highest BCUT2D eigenvalue weighted by molar-refractivity contribution is 6.36. The Balaban J connectivity index is 2.39. The maximum Gasteiger partial charge on any atom is 0.211 e. The van der Waals surface area contributed by atoms with Crippen LogP contribution in [0.5, 0.6) is 0 Å². The molecular formula is C10H14Al. The molecule has 0 atom stereocenters. The Hall–Kier alpha value is -0.248. The van der Waals surface area contributed by atoms with Gasteiger partial charge in [0.05, 0.1) is 0 Å². The molecule has 0 amide bonds. The van der Waals surface area contributed by atoms with Crippen LogP contribution in [-0.4, -0.2) is 15.2 Å². The average molecular weight is 161 g/mol. The van der Waals surface area contributed by atoms with E-state index in [0.29, 0.717) is 15.2 Å². The van der Waals surface area contributed by atoms with Gasteiger partial charge in [-0.15, -0.1) is 0 Å². The monoisotopic (exact) mass is 161 g/mol. The third-order valence-electron chi connectivity index (χ3n) is 1.67. The minimum atomic E-state index is 0.607. The average Bonchev–Trinajstić information content (AvgIpc) is 2.03. The minimum Gasteiger partial charge on any atom is -0.0982 e. The third kappa shape index (κ3) is 3.60. The molecule has 0 fully saturated rings. The van der Waals surface area contributed by atoms with Gasteiger partial charge in [0.15, 0.2) is 0 Å². The summed E-state index contributed by atoms with van der Waals surface area (Å²) in [6.45, 7) is 4.61.